The lowest BCUT2D eigenvalue weighted by molar-refractivity contribution is -0.129. The molecule has 1 unspecified atom stereocenters. The molecule has 0 heterocycles. The third-order valence-corrected chi connectivity index (χ3v) is 3.09. The quantitative estimate of drug-likeness (QED) is 0.832. The van der Waals surface area contributed by atoms with Crippen molar-refractivity contribution in [2.45, 2.75) is 32.2 Å². The van der Waals surface area contributed by atoms with Gasteiger partial charge in [0.25, 0.3) is 0 Å². The molecule has 0 aliphatic carbocycles. The van der Waals surface area contributed by atoms with Crippen LogP contribution in [0.2, 0.25) is 0 Å². The molecule has 5 heteroatoms. The van der Waals surface area contributed by atoms with Crippen molar-refractivity contribution in [1.29, 1.82) is 0 Å². The fraction of sp³-hybridized carbons (Fsp3) is 0.533. The number of nitrogens with zero attached hydrogens (tertiary/aromatic N) is 1. The first-order valence-corrected chi connectivity index (χ1v) is 6.81. The number of ether oxygens (including phenoxy) is 1. The highest BCUT2D eigenvalue weighted by molar-refractivity contribution is 5.75. The fourth-order valence-corrected chi connectivity index (χ4v) is 1.71. The van der Waals surface area contributed by atoms with Crippen LogP contribution in [0, 0.1) is 5.82 Å². The number of carbonyl (C=O) groups excluding carboxylic acids is 1. The Kier molecular flexibility index (Phi) is 6.45. The smallest absolute Gasteiger partial charge is 0.225 e. The molecule has 1 amide bonds. The first kappa shape index (κ1) is 16.4. The molecule has 1 aromatic carbocycles. The maximum absolute atomic E-state index is 13.8. The molecule has 0 aromatic heterocycles. The number of benzene rings is 1. The van der Waals surface area contributed by atoms with Gasteiger partial charge in [-0.25, -0.2) is 4.39 Å². The van der Waals surface area contributed by atoms with Gasteiger partial charge in [0, 0.05) is 20.1 Å². The second-order valence-electron chi connectivity index (χ2n) is 5.02. The Labute approximate surface area is 119 Å². The van der Waals surface area contributed by atoms with Gasteiger partial charge in [-0.1, -0.05) is 13.0 Å². The number of hydrogen-bond acceptors (Lipinski definition) is 3. The average Bonchev–Trinajstić information content (AvgIpc) is 2.40. The van der Waals surface area contributed by atoms with Crippen LogP contribution in [0.4, 0.5) is 4.39 Å². The largest absolute Gasteiger partial charge is 0.490 e. The molecule has 4 nitrogen and oxygen atoms in total. The molecule has 0 bridgehead atoms. The van der Waals surface area contributed by atoms with Gasteiger partial charge in [0.2, 0.25) is 5.91 Å². The summed E-state index contributed by atoms with van der Waals surface area (Å²) in [5, 5.41) is 0. The summed E-state index contributed by atoms with van der Waals surface area (Å²) in [6.45, 7) is 2.17. The lowest BCUT2D eigenvalue weighted by Crippen LogP contribution is -2.23. The Morgan fingerprint density at radius 2 is 2.15 bits per heavy atom. The van der Waals surface area contributed by atoms with Crippen molar-refractivity contribution < 1.29 is 13.9 Å². The maximum Gasteiger partial charge on any atom is 0.225 e. The van der Waals surface area contributed by atoms with Gasteiger partial charge in [-0.05, 0) is 30.5 Å². The van der Waals surface area contributed by atoms with Gasteiger partial charge in [0.15, 0.2) is 11.6 Å². The van der Waals surface area contributed by atoms with Crippen LogP contribution in [-0.2, 0) is 11.2 Å². The van der Waals surface area contributed by atoms with Gasteiger partial charge >= 0.3 is 0 Å². The van der Waals surface area contributed by atoms with E-state index in [1.165, 1.54) is 11.0 Å². The summed E-state index contributed by atoms with van der Waals surface area (Å²) in [4.78, 5) is 12.8. The number of nitrogens with two attached hydrogens (primary N) is 1. The van der Waals surface area contributed by atoms with Gasteiger partial charge < -0.3 is 15.4 Å². The fourth-order valence-electron chi connectivity index (χ4n) is 1.71. The minimum Gasteiger partial charge on any atom is -0.490 e. The van der Waals surface area contributed by atoms with Crippen LogP contribution in [0.3, 0.4) is 0 Å². The number of halogens is 1. The van der Waals surface area contributed by atoms with Crippen molar-refractivity contribution in [3.8, 4) is 5.75 Å². The number of rotatable bonds is 7. The Morgan fingerprint density at radius 1 is 1.45 bits per heavy atom. The second kappa shape index (κ2) is 7.85. The van der Waals surface area contributed by atoms with E-state index in [-0.39, 0.29) is 30.7 Å². The van der Waals surface area contributed by atoms with Crippen molar-refractivity contribution in [2.24, 2.45) is 5.73 Å². The number of hydrogen-bond donors (Lipinski definition) is 1. The standard InChI is InChI=1S/C15H23FN2O2/c1-4-12(17)9-11-5-6-14(13(16)10-11)20-8-7-15(19)18(2)3/h5-6,10,12H,4,7-9,17H2,1-3H3. The normalized spacial score (nSPS) is 12.1. The highest BCUT2D eigenvalue weighted by Crippen LogP contribution is 2.19. The molecule has 20 heavy (non-hydrogen) atoms. The molecule has 0 spiro atoms. The van der Waals surface area contributed by atoms with Gasteiger partial charge in [-0.2, -0.15) is 0 Å². The van der Waals surface area contributed by atoms with Crippen molar-refractivity contribution in [3.63, 3.8) is 0 Å². The van der Waals surface area contributed by atoms with E-state index >= 15 is 0 Å². The van der Waals surface area contributed by atoms with Crippen LogP contribution in [-0.4, -0.2) is 37.6 Å². The van der Waals surface area contributed by atoms with E-state index in [2.05, 4.69) is 0 Å². The first-order valence-electron chi connectivity index (χ1n) is 6.81. The van der Waals surface area contributed by atoms with Gasteiger partial charge in [0.05, 0.1) is 13.0 Å². The Balaban J connectivity index is 2.53. The molecule has 0 saturated heterocycles. The van der Waals surface area contributed by atoms with E-state index in [1.54, 1.807) is 20.2 Å². The zero-order chi connectivity index (χ0) is 15.1. The highest BCUT2D eigenvalue weighted by Gasteiger charge is 2.09. The predicted molar refractivity (Wildman–Crippen MR) is 77.2 cm³/mol. The van der Waals surface area contributed by atoms with Crippen molar-refractivity contribution >= 4 is 5.91 Å². The van der Waals surface area contributed by atoms with E-state index in [1.807, 2.05) is 13.0 Å². The van der Waals surface area contributed by atoms with Gasteiger partial charge in [0.1, 0.15) is 0 Å². The third-order valence-electron chi connectivity index (χ3n) is 3.09. The minimum absolute atomic E-state index is 0.0406. The van der Waals surface area contributed by atoms with Crippen LogP contribution in [0.5, 0.6) is 5.75 Å². The number of amides is 1. The monoisotopic (exact) mass is 282 g/mol. The minimum atomic E-state index is -0.414. The molecule has 1 atom stereocenters. The van der Waals surface area contributed by atoms with Crippen LogP contribution < -0.4 is 10.5 Å². The average molecular weight is 282 g/mol. The van der Waals surface area contributed by atoms with Crippen LogP contribution in [0.25, 0.3) is 0 Å². The molecular weight excluding hydrogens is 259 g/mol. The summed E-state index contributed by atoms with van der Waals surface area (Å²) < 4.78 is 19.1. The predicted octanol–water partition coefficient (Wildman–Crippen LogP) is 1.96. The Morgan fingerprint density at radius 3 is 2.70 bits per heavy atom. The van der Waals surface area contributed by atoms with Crippen LogP contribution in [0.1, 0.15) is 25.3 Å². The lowest BCUT2D eigenvalue weighted by atomic mass is 10.0. The van der Waals surface area contributed by atoms with Gasteiger partial charge in [-0.3, -0.25) is 4.79 Å². The molecule has 0 saturated carbocycles. The first-order chi connectivity index (χ1) is 9.43. The van der Waals surface area contributed by atoms with Crippen LogP contribution in [0.15, 0.2) is 18.2 Å². The summed E-state index contributed by atoms with van der Waals surface area (Å²) in [7, 11) is 3.35. The molecule has 0 aliphatic rings. The van der Waals surface area contributed by atoms with Gasteiger partial charge in [-0.15, -0.1) is 0 Å². The second-order valence-corrected chi connectivity index (χ2v) is 5.02. The topological polar surface area (TPSA) is 55.6 Å². The van der Waals surface area contributed by atoms with E-state index in [4.69, 9.17) is 10.5 Å². The third kappa shape index (κ3) is 5.17. The molecular formula is C15H23FN2O2. The lowest BCUT2D eigenvalue weighted by Gasteiger charge is -2.12. The molecule has 0 aliphatic heterocycles. The Bertz CT molecular complexity index is 449. The van der Waals surface area contributed by atoms with Crippen molar-refractivity contribution in [3.05, 3.63) is 29.6 Å². The van der Waals surface area contributed by atoms with E-state index < -0.39 is 5.82 Å². The van der Waals surface area contributed by atoms with E-state index in [9.17, 15) is 9.18 Å². The zero-order valence-corrected chi connectivity index (χ0v) is 12.4. The maximum atomic E-state index is 13.8. The van der Waals surface area contributed by atoms with Crippen LogP contribution >= 0.6 is 0 Å². The number of carbonyl (C=O) groups is 1. The molecule has 1 aromatic rings. The molecule has 112 valence electrons. The summed E-state index contributed by atoms with van der Waals surface area (Å²) in [5.74, 6) is -0.288. The molecule has 1 rings (SSSR count). The molecule has 0 radical (unpaired) electrons. The summed E-state index contributed by atoms with van der Waals surface area (Å²) in [5.41, 5.74) is 6.69. The Hall–Kier alpha value is -1.62. The van der Waals surface area contributed by atoms with Crippen molar-refractivity contribution in [2.75, 3.05) is 20.7 Å². The SMILES string of the molecule is CCC(N)Cc1ccc(OCCC(=O)N(C)C)c(F)c1. The molecule has 2 N–H and O–H groups in total. The van der Waals surface area contributed by atoms with Crippen molar-refractivity contribution in [1.82, 2.24) is 4.90 Å². The summed E-state index contributed by atoms with van der Waals surface area (Å²) >= 11 is 0. The zero-order valence-electron chi connectivity index (χ0n) is 12.4. The highest BCUT2D eigenvalue weighted by atomic mass is 19.1. The summed E-state index contributed by atoms with van der Waals surface area (Å²) in [6, 6.07) is 4.88. The van der Waals surface area contributed by atoms with E-state index in [0.717, 1.165) is 12.0 Å². The summed E-state index contributed by atoms with van der Waals surface area (Å²) in [6.07, 6.45) is 1.73. The molecule has 0 fully saturated rings. The van der Waals surface area contributed by atoms with E-state index in [0.29, 0.717) is 6.42 Å².